The van der Waals surface area contributed by atoms with Crippen LogP contribution in [-0.4, -0.2) is 14.2 Å². The smallest absolute Gasteiger partial charge is 0.418 e. The van der Waals surface area contributed by atoms with Crippen molar-refractivity contribution in [2.75, 3.05) is 0 Å². The third-order valence-corrected chi connectivity index (χ3v) is 5.01. The summed E-state index contributed by atoms with van der Waals surface area (Å²) in [7, 11) is 0. The van der Waals surface area contributed by atoms with Gasteiger partial charge in [0.1, 0.15) is 4.75 Å². The second kappa shape index (κ2) is 6.84. The molecule has 5 nitrogen and oxygen atoms in total. The van der Waals surface area contributed by atoms with Crippen molar-refractivity contribution in [3.8, 4) is 0 Å². The minimum atomic E-state index is -4.83. The molecule has 1 rings (SSSR count). The van der Waals surface area contributed by atoms with Crippen LogP contribution in [0, 0.1) is 10.1 Å². The van der Waals surface area contributed by atoms with Crippen molar-refractivity contribution >= 4 is 28.7 Å². The van der Waals surface area contributed by atoms with Crippen LogP contribution in [0.3, 0.4) is 0 Å². The van der Waals surface area contributed by atoms with Crippen LogP contribution >= 0.6 is 11.6 Å². The first-order valence-corrected chi connectivity index (χ1v) is 8.01. The Morgan fingerprint density at radius 1 is 1.30 bits per heavy atom. The minimum absolute atomic E-state index is 0.134. The zero-order chi connectivity index (χ0) is 18.2. The summed E-state index contributed by atoms with van der Waals surface area (Å²) in [6.45, 7) is 6.48. The van der Waals surface area contributed by atoms with E-state index >= 15 is 0 Å². The number of hydrogen-bond acceptors (Lipinski definition) is 4. The molecule has 0 aromatic heterocycles. The van der Waals surface area contributed by atoms with Gasteiger partial charge in [0, 0.05) is 23.5 Å². The SMILES string of the molecule is C[C@@H](N[S@+]([O-])C(C)(C)C)c1cc([N+](=O)[O-])cc(C(F)(F)F)c1Cl. The highest BCUT2D eigenvalue weighted by molar-refractivity contribution is 7.90. The van der Waals surface area contributed by atoms with Gasteiger partial charge in [0.05, 0.1) is 21.6 Å². The number of non-ortho nitro benzene ring substituents is 1. The molecule has 0 aliphatic heterocycles. The molecule has 1 aromatic rings. The maximum Gasteiger partial charge on any atom is 0.418 e. The Balaban J connectivity index is 3.34. The lowest BCUT2D eigenvalue weighted by atomic mass is 10.0. The lowest BCUT2D eigenvalue weighted by molar-refractivity contribution is -0.385. The molecule has 0 saturated heterocycles. The molecule has 0 aliphatic carbocycles. The van der Waals surface area contributed by atoms with Crippen LogP contribution in [0.25, 0.3) is 0 Å². The quantitative estimate of drug-likeness (QED) is 0.483. The zero-order valence-corrected chi connectivity index (χ0v) is 14.4. The van der Waals surface area contributed by atoms with Gasteiger partial charge in [0.25, 0.3) is 5.69 Å². The number of nitrogens with zero attached hydrogens (tertiary/aromatic N) is 1. The number of halogens is 4. The Kier molecular flexibility index (Phi) is 5.95. The van der Waals surface area contributed by atoms with Gasteiger partial charge < -0.3 is 4.55 Å². The van der Waals surface area contributed by atoms with Gasteiger partial charge in [-0.1, -0.05) is 11.6 Å². The van der Waals surface area contributed by atoms with E-state index in [4.69, 9.17) is 11.6 Å². The number of alkyl halides is 3. The topological polar surface area (TPSA) is 78.2 Å². The highest BCUT2D eigenvalue weighted by Crippen LogP contribution is 2.41. The molecule has 0 heterocycles. The fourth-order valence-electron chi connectivity index (χ4n) is 1.66. The van der Waals surface area contributed by atoms with Crippen molar-refractivity contribution in [3.63, 3.8) is 0 Å². The summed E-state index contributed by atoms with van der Waals surface area (Å²) in [6, 6.07) is 0.470. The predicted octanol–water partition coefficient (Wildman–Crippen LogP) is 4.38. The number of benzene rings is 1. The monoisotopic (exact) mass is 372 g/mol. The first-order chi connectivity index (χ1) is 10.2. The molecule has 10 heteroatoms. The molecule has 2 atom stereocenters. The molecular formula is C13H16ClF3N2O3S. The van der Waals surface area contributed by atoms with Crippen LogP contribution in [0.15, 0.2) is 12.1 Å². The number of nitro benzene ring substituents is 1. The van der Waals surface area contributed by atoms with Crippen molar-refractivity contribution in [3.05, 3.63) is 38.4 Å². The van der Waals surface area contributed by atoms with Crippen LogP contribution in [-0.2, 0) is 17.5 Å². The van der Waals surface area contributed by atoms with E-state index in [0.29, 0.717) is 6.07 Å². The van der Waals surface area contributed by atoms with E-state index in [1.165, 1.54) is 6.92 Å². The average molecular weight is 373 g/mol. The van der Waals surface area contributed by atoms with Crippen molar-refractivity contribution in [2.24, 2.45) is 0 Å². The van der Waals surface area contributed by atoms with Crippen LogP contribution in [0.5, 0.6) is 0 Å². The Hall–Kier alpha value is -1.03. The van der Waals surface area contributed by atoms with E-state index in [0.717, 1.165) is 6.07 Å². The second-order valence-corrected chi connectivity index (χ2v) is 8.25. The molecule has 1 aromatic carbocycles. The minimum Gasteiger partial charge on any atom is -0.598 e. The summed E-state index contributed by atoms with van der Waals surface area (Å²) in [5.74, 6) is 0. The fourth-order valence-corrected chi connectivity index (χ4v) is 2.84. The Labute approximate surface area is 139 Å². The first kappa shape index (κ1) is 20.0. The summed E-state index contributed by atoms with van der Waals surface area (Å²) < 4.78 is 53.0. The van der Waals surface area contributed by atoms with Gasteiger partial charge in [-0.2, -0.15) is 13.2 Å². The van der Waals surface area contributed by atoms with Crippen molar-refractivity contribution < 1.29 is 22.6 Å². The Morgan fingerprint density at radius 3 is 2.22 bits per heavy atom. The summed E-state index contributed by atoms with van der Waals surface area (Å²) >= 11 is 4.20. The van der Waals surface area contributed by atoms with Gasteiger partial charge in [0.2, 0.25) is 0 Å². The van der Waals surface area contributed by atoms with Crippen molar-refractivity contribution in [1.29, 1.82) is 0 Å². The number of nitro groups is 1. The number of nitrogens with one attached hydrogen (secondary N) is 1. The molecule has 0 spiro atoms. The highest BCUT2D eigenvalue weighted by Gasteiger charge is 2.38. The molecule has 130 valence electrons. The highest BCUT2D eigenvalue weighted by atomic mass is 35.5. The molecule has 23 heavy (non-hydrogen) atoms. The van der Waals surface area contributed by atoms with Gasteiger partial charge >= 0.3 is 6.18 Å². The maximum atomic E-state index is 13.0. The third kappa shape index (κ3) is 4.97. The standard InChI is InChI=1S/C13H16ClF3N2O3S/c1-7(18-23(22)12(2,3)4)9-5-8(19(20)21)6-10(11(9)14)13(15,16)17/h5-7,18H,1-4H3/t7-,23-/m1/s1. The molecular weight excluding hydrogens is 357 g/mol. The van der Waals surface area contributed by atoms with Crippen LogP contribution in [0.4, 0.5) is 18.9 Å². The van der Waals surface area contributed by atoms with Crippen molar-refractivity contribution in [1.82, 2.24) is 4.72 Å². The van der Waals surface area contributed by atoms with Crippen molar-refractivity contribution in [2.45, 2.75) is 44.7 Å². The molecule has 0 aliphatic rings. The largest absolute Gasteiger partial charge is 0.598 e. The third-order valence-electron chi connectivity index (χ3n) is 2.91. The van der Waals surface area contributed by atoms with Crippen LogP contribution in [0.2, 0.25) is 5.02 Å². The van der Waals surface area contributed by atoms with Gasteiger partial charge in [-0.25, -0.2) is 0 Å². The lowest BCUT2D eigenvalue weighted by Crippen LogP contribution is -2.40. The Bertz CT molecular complexity index is 605. The van der Waals surface area contributed by atoms with E-state index < -0.39 is 49.5 Å². The van der Waals surface area contributed by atoms with E-state index in [1.54, 1.807) is 20.8 Å². The van der Waals surface area contributed by atoms with E-state index in [-0.39, 0.29) is 5.56 Å². The zero-order valence-electron chi connectivity index (χ0n) is 12.8. The summed E-state index contributed by atoms with van der Waals surface area (Å²) in [5.41, 5.74) is -2.16. The van der Waals surface area contributed by atoms with E-state index in [9.17, 15) is 27.8 Å². The molecule has 0 unspecified atom stereocenters. The lowest BCUT2D eigenvalue weighted by Gasteiger charge is -2.27. The number of rotatable bonds is 4. The van der Waals surface area contributed by atoms with Gasteiger partial charge in [-0.05, 0) is 33.3 Å². The fraction of sp³-hybridized carbons (Fsp3) is 0.538. The molecule has 0 bridgehead atoms. The molecule has 0 amide bonds. The van der Waals surface area contributed by atoms with E-state index in [2.05, 4.69) is 4.72 Å². The predicted molar refractivity (Wildman–Crippen MR) is 82.6 cm³/mol. The molecule has 1 N–H and O–H groups in total. The summed E-state index contributed by atoms with van der Waals surface area (Å²) in [6.07, 6.45) is -4.83. The van der Waals surface area contributed by atoms with Gasteiger partial charge in [0.15, 0.2) is 0 Å². The average Bonchev–Trinajstić information content (AvgIpc) is 2.35. The molecule has 0 saturated carbocycles. The Morgan fingerprint density at radius 2 is 1.83 bits per heavy atom. The van der Waals surface area contributed by atoms with E-state index in [1.807, 2.05) is 0 Å². The van der Waals surface area contributed by atoms with Crippen LogP contribution in [0.1, 0.15) is 44.9 Å². The maximum absolute atomic E-state index is 13.0. The van der Waals surface area contributed by atoms with Gasteiger partial charge in [-0.15, -0.1) is 4.72 Å². The normalized spacial score (nSPS) is 15.3. The van der Waals surface area contributed by atoms with Crippen LogP contribution < -0.4 is 4.72 Å². The second-order valence-electron chi connectivity index (χ2n) is 5.87. The summed E-state index contributed by atoms with van der Waals surface area (Å²) in [5, 5.41) is 10.2. The molecule has 0 fully saturated rings. The first-order valence-electron chi connectivity index (χ1n) is 6.48. The molecule has 0 radical (unpaired) electrons. The summed E-state index contributed by atoms with van der Waals surface area (Å²) in [4.78, 5) is 9.93. The number of hydrogen-bond donors (Lipinski definition) is 1. The van der Waals surface area contributed by atoms with Gasteiger partial charge in [-0.3, -0.25) is 10.1 Å².